The molecule has 39 heavy (non-hydrogen) atoms. The topological polar surface area (TPSA) is 95.1 Å². The summed E-state index contributed by atoms with van der Waals surface area (Å²) in [5, 5.41) is 5.42. The first-order valence-electron chi connectivity index (χ1n) is 14.4. The Balaban J connectivity index is 1.47. The molecule has 0 saturated carbocycles. The van der Waals surface area contributed by atoms with Crippen LogP contribution in [0.2, 0.25) is 0 Å². The highest BCUT2D eigenvalue weighted by Gasteiger charge is 2.06. The Labute approximate surface area is 233 Å². The molecule has 2 N–H and O–H groups in total. The number of rotatable bonds is 20. The van der Waals surface area contributed by atoms with E-state index in [1.165, 1.54) is 38.5 Å². The van der Waals surface area contributed by atoms with Gasteiger partial charge in [0, 0.05) is 11.4 Å². The second kappa shape index (κ2) is 20.5. The van der Waals surface area contributed by atoms with E-state index in [0.29, 0.717) is 50.6 Å². The third-order valence-corrected chi connectivity index (χ3v) is 5.99. The molecular formula is C31H46N2O6. The molecule has 0 aliphatic heterocycles. The van der Waals surface area contributed by atoms with E-state index < -0.39 is 12.2 Å². The lowest BCUT2D eigenvalue weighted by atomic mass is 10.2. The molecule has 0 heterocycles. The van der Waals surface area contributed by atoms with Crippen LogP contribution in [0.4, 0.5) is 21.0 Å². The van der Waals surface area contributed by atoms with Gasteiger partial charge in [-0.2, -0.15) is 0 Å². The van der Waals surface area contributed by atoms with Gasteiger partial charge in [0.25, 0.3) is 0 Å². The molecule has 0 aliphatic carbocycles. The Kier molecular flexibility index (Phi) is 16.7. The first kappa shape index (κ1) is 31.8. The lowest BCUT2D eigenvalue weighted by Gasteiger charge is -2.10. The van der Waals surface area contributed by atoms with Crippen LogP contribution in [0.25, 0.3) is 0 Å². The van der Waals surface area contributed by atoms with Gasteiger partial charge < -0.3 is 18.9 Å². The van der Waals surface area contributed by atoms with Crippen LogP contribution in [-0.2, 0) is 9.47 Å². The second-order valence-electron chi connectivity index (χ2n) is 9.45. The third kappa shape index (κ3) is 15.6. The SMILES string of the molecule is CCCCCCOc1ccc(NC(=O)OCCCCCOC(=O)Nc2ccc(OCCCCCC)cc2)cc1. The number of amides is 2. The molecule has 0 saturated heterocycles. The molecule has 0 aromatic heterocycles. The van der Waals surface area contributed by atoms with Gasteiger partial charge >= 0.3 is 12.2 Å². The van der Waals surface area contributed by atoms with Crippen LogP contribution < -0.4 is 20.1 Å². The maximum atomic E-state index is 12.0. The Hall–Kier alpha value is -3.42. The van der Waals surface area contributed by atoms with E-state index in [4.69, 9.17) is 18.9 Å². The second-order valence-corrected chi connectivity index (χ2v) is 9.45. The van der Waals surface area contributed by atoms with E-state index in [9.17, 15) is 9.59 Å². The van der Waals surface area contributed by atoms with Crippen LogP contribution in [0.3, 0.4) is 0 Å². The first-order valence-corrected chi connectivity index (χ1v) is 14.4. The van der Waals surface area contributed by atoms with E-state index in [-0.39, 0.29) is 0 Å². The zero-order chi connectivity index (χ0) is 28.0. The minimum absolute atomic E-state index is 0.296. The molecule has 0 atom stereocenters. The molecule has 8 nitrogen and oxygen atoms in total. The molecule has 0 fully saturated rings. The van der Waals surface area contributed by atoms with Crippen molar-refractivity contribution in [1.29, 1.82) is 0 Å². The summed E-state index contributed by atoms with van der Waals surface area (Å²) in [7, 11) is 0. The molecule has 2 amide bonds. The molecule has 0 radical (unpaired) electrons. The van der Waals surface area contributed by atoms with E-state index in [2.05, 4.69) is 24.5 Å². The lowest BCUT2D eigenvalue weighted by Crippen LogP contribution is -2.15. The highest BCUT2D eigenvalue weighted by Crippen LogP contribution is 2.18. The fourth-order valence-corrected chi connectivity index (χ4v) is 3.73. The largest absolute Gasteiger partial charge is 0.494 e. The normalized spacial score (nSPS) is 10.5. The highest BCUT2D eigenvalue weighted by atomic mass is 16.6. The van der Waals surface area contributed by atoms with Gasteiger partial charge in [-0.3, -0.25) is 10.6 Å². The van der Waals surface area contributed by atoms with Crippen molar-refractivity contribution in [2.75, 3.05) is 37.1 Å². The maximum Gasteiger partial charge on any atom is 0.411 e. The Morgan fingerprint density at radius 2 is 0.872 bits per heavy atom. The summed E-state index contributed by atoms with van der Waals surface area (Å²) in [6.45, 7) is 6.36. The quantitative estimate of drug-likeness (QED) is 0.163. The van der Waals surface area contributed by atoms with Gasteiger partial charge in [0.2, 0.25) is 0 Å². The van der Waals surface area contributed by atoms with Gasteiger partial charge in [-0.15, -0.1) is 0 Å². The van der Waals surface area contributed by atoms with E-state index in [1.54, 1.807) is 24.3 Å². The Morgan fingerprint density at radius 3 is 1.26 bits per heavy atom. The number of ether oxygens (including phenoxy) is 4. The van der Waals surface area contributed by atoms with Gasteiger partial charge in [0.05, 0.1) is 26.4 Å². The fraction of sp³-hybridized carbons (Fsp3) is 0.548. The molecule has 0 unspecified atom stereocenters. The summed E-state index contributed by atoms with van der Waals surface area (Å²) in [6.07, 6.45) is 10.5. The van der Waals surface area contributed by atoms with Crippen molar-refractivity contribution in [3.05, 3.63) is 48.5 Å². The maximum absolute atomic E-state index is 12.0. The Bertz CT molecular complexity index is 842. The van der Waals surface area contributed by atoms with Crippen LogP contribution in [0.5, 0.6) is 11.5 Å². The van der Waals surface area contributed by atoms with Crippen molar-refractivity contribution < 1.29 is 28.5 Å². The van der Waals surface area contributed by atoms with Gasteiger partial charge in [-0.05, 0) is 80.6 Å². The highest BCUT2D eigenvalue weighted by molar-refractivity contribution is 5.85. The summed E-state index contributed by atoms with van der Waals surface area (Å²) >= 11 is 0. The van der Waals surface area contributed by atoms with Crippen LogP contribution >= 0.6 is 0 Å². The van der Waals surface area contributed by atoms with Gasteiger partial charge in [-0.25, -0.2) is 9.59 Å². The van der Waals surface area contributed by atoms with Gasteiger partial charge in [-0.1, -0.05) is 52.4 Å². The van der Waals surface area contributed by atoms with E-state index in [1.807, 2.05) is 24.3 Å². The van der Waals surface area contributed by atoms with E-state index in [0.717, 1.165) is 30.8 Å². The van der Waals surface area contributed by atoms with Crippen LogP contribution in [-0.4, -0.2) is 38.6 Å². The van der Waals surface area contributed by atoms with Crippen LogP contribution in [0, 0.1) is 0 Å². The predicted molar refractivity (Wildman–Crippen MR) is 156 cm³/mol. The lowest BCUT2D eigenvalue weighted by molar-refractivity contribution is 0.151. The molecule has 8 heteroatoms. The number of benzene rings is 2. The molecule has 0 bridgehead atoms. The van der Waals surface area contributed by atoms with Crippen molar-refractivity contribution >= 4 is 23.6 Å². The third-order valence-electron chi connectivity index (χ3n) is 5.99. The van der Waals surface area contributed by atoms with Crippen LogP contribution in [0.1, 0.15) is 84.5 Å². The Morgan fingerprint density at radius 1 is 0.513 bits per heavy atom. The molecule has 0 spiro atoms. The van der Waals surface area contributed by atoms with Gasteiger partial charge in [0.1, 0.15) is 11.5 Å². The molecule has 0 aliphatic rings. The molecule has 2 aromatic carbocycles. The molecule has 2 aromatic rings. The molecular weight excluding hydrogens is 496 g/mol. The summed E-state index contributed by atoms with van der Waals surface area (Å²) < 4.78 is 21.9. The molecule has 2 rings (SSSR count). The average Bonchev–Trinajstić information content (AvgIpc) is 2.94. The smallest absolute Gasteiger partial charge is 0.411 e. The summed E-state index contributed by atoms with van der Waals surface area (Å²) in [5.41, 5.74) is 1.31. The summed E-state index contributed by atoms with van der Waals surface area (Å²) in [5.74, 6) is 1.58. The first-order chi connectivity index (χ1) is 19.1. The van der Waals surface area contributed by atoms with Gasteiger partial charge in [0.15, 0.2) is 0 Å². The number of anilines is 2. The van der Waals surface area contributed by atoms with Crippen molar-refractivity contribution in [3.63, 3.8) is 0 Å². The number of hydrogen-bond acceptors (Lipinski definition) is 6. The minimum atomic E-state index is -0.494. The zero-order valence-corrected chi connectivity index (χ0v) is 23.7. The number of unbranched alkanes of at least 4 members (excludes halogenated alkanes) is 8. The minimum Gasteiger partial charge on any atom is -0.494 e. The molecule has 216 valence electrons. The number of carbonyl (C=O) groups is 2. The number of nitrogens with one attached hydrogen (secondary N) is 2. The summed E-state index contributed by atoms with van der Waals surface area (Å²) in [4.78, 5) is 24.0. The summed E-state index contributed by atoms with van der Waals surface area (Å²) in [6, 6.07) is 14.5. The zero-order valence-electron chi connectivity index (χ0n) is 23.7. The predicted octanol–water partition coefficient (Wildman–Crippen LogP) is 8.57. The number of hydrogen-bond donors (Lipinski definition) is 2. The monoisotopic (exact) mass is 542 g/mol. The van der Waals surface area contributed by atoms with Crippen molar-refractivity contribution in [2.45, 2.75) is 84.5 Å². The standard InChI is InChI=1S/C31H46N2O6/c1-3-5-7-10-22-36-28-18-14-26(15-19-28)32-30(34)38-24-12-9-13-25-39-31(35)33-27-16-20-29(21-17-27)37-23-11-8-6-4-2/h14-21H,3-13,22-25H2,1-2H3,(H,32,34)(H,33,35). The number of carbonyl (C=O) groups excluding carboxylic acids is 2. The van der Waals surface area contributed by atoms with Crippen molar-refractivity contribution in [2.24, 2.45) is 0 Å². The fourth-order valence-electron chi connectivity index (χ4n) is 3.73. The van der Waals surface area contributed by atoms with E-state index >= 15 is 0 Å². The van der Waals surface area contributed by atoms with Crippen LogP contribution in [0.15, 0.2) is 48.5 Å². The average molecular weight is 543 g/mol. The van der Waals surface area contributed by atoms with Crippen molar-refractivity contribution in [1.82, 2.24) is 0 Å². The van der Waals surface area contributed by atoms with Crippen molar-refractivity contribution in [3.8, 4) is 11.5 Å².